The van der Waals surface area contributed by atoms with Crippen LogP contribution < -0.4 is 0 Å². The van der Waals surface area contributed by atoms with E-state index in [0.717, 1.165) is 0 Å². The normalized spacial score (nSPS) is 27.1. The molecule has 0 unspecified atom stereocenters. The van der Waals surface area contributed by atoms with Crippen molar-refractivity contribution in [2.75, 3.05) is 0 Å². The summed E-state index contributed by atoms with van der Waals surface area (Å²) < 4.78 is 0. The van der Waals surface area contributed by atoms with E-state index in [1.165, 1.54) is 0 Å². The van der Waals surface area contributed by atoms with Gasteiger partial charge < -0.3 is 0 Å². The van der Waals surface area contributed by atoms with Crippen LogP contribution in [-0.4, -0.2) is 23.1 Å². The second-order valence-electron chi connectivity index (χ2n) is 5.76. The van der Waals surface area contributed by atoms with E-state index in [-0.39, 0.29) is 42.4 Å². The van der Waals surface area contributed by atoms with Crippen molar-refractivity contribution in [3.8, 4) is 0 Å². The van der Waals surface area contributed by atoms with Crippen LogP contribution in [0.15, 0.2) is 24.3 Å². The van der Waals surface area contributed by atoms with E-state index < -0.39 is 11.3 Å². The van der Waals surface area contributed by atoms with Crippen molar-refractivity contribution < 1.29 is 19.2 Å². The minimum absolute atomic E-state index is 0.108. The van der Waals surface area contributed by atoms with Crippen LogP contribution in [0.3, 0.4) is 0 Å². The first-order chi connectivity index (χ1) is 9.45. The molecule has 1 aromatic rings. The average Bonchev–Trinajstić information content (AvgIpc) is 2.68. The van der Waals surface area contributed by atoms with Gasteiger partial charge in [-0.25, -0.2) is 0 Å². The van der Waals surface area contributed by atoms with Crippen molar-refractivity contribution >= 4 is 23.1 Å². The maximum Gasteiger partial charge on any atom is 0.175 e. The van der Waals surface area contributed by atoms with Crippen LogP contribution in [0.2, 0.25) is 0 Å². The molecule has 0 aromatic heterocycles. The Bertz CT molecular complexity index is 623. The predicted molar refractivity (Wildman–Crippen MR) is 70.6 cm³/mol. The highest BCUT2D eigenvalue weighted by molar-refractivity contribution is 6.28. The summed E-state index contributed by atoms with van der Waals surface area (Å²) in [5, 5.41) is 0. The number of benzene rings is 1. The van der Waals surface area contributed by atoms with Gasteiger partial charge >= 0.3 is 0 Å². The molecule has 1 aromatic carbocycles. The van der Waals surface area contributed by atoms with Gasteiger partial charge in [-0.05, 0) is 6.42 Å². The summed E-state index contributed by atoms with van der Waals surface area (Å²) >= 11 is 0. The van der Waals surface area contributed by atoms with E-state index in [1.54, 1.807) is 31.2 Å². The summed E-state index contributed by atoms with van der Waals surface area (Å²) in [6, 6.07) is 6.66. The lowest BCUT2D eigenvalue weighted by Gasteiger charge is -2.34. The largest absolute Gasteiger partial charge is 0.299 e. The van der Waals surface area contributed by atoms with Gasteiger partial charge in [0.05, 0.1) is 12.3 Å². The van der Waals surface area contributed by atoms with Gasteiger partial charge in [0.2, 0.25) is 0 Å². The Morgan fingerprint density at radius 2 is 1.55 bits per heavy atom. The van der Waals surface area contributed by atoms with E-state index in [0.29, 0.717) is 11.1 Å². The van der Waals surface area contributed by atoms with Gasteiger partial charge in [-0.15, -0.1) is 0 Å². The topological polar surface area (TPSA) is 68.3 Å². The Kier molecular flexibility index (Phi) is 2.71. The molecule has 102 valence electrons. The number of fused-ring (bicyclic) bond motifs is 1. The summed E-state index contributed by atoms with van der Waals surface area (Å²) in [6.45, 7) is 1.65. The summed E-state index contributed by atoms with van der Waals surface area (Å²) in [6.07, 6.45) is 0.375. The number of rotatable bonds is 1. The molecule has 0 N–H and O–H groups in total. The number of carbonyl (C=O) groups is 4. The summed E-state index contributed by atoms with van der Waals surface area (Å²) in [4.78, 5) is 48.6. The molecule has 2 aliphatic carbocycles. The second kappa shape index (κ2) is 4.20. The molecule has 1 saturated carbocycles. The highest BCUT2D eigenvalue weighted by atomic mass is 16.2. The van der Waals surface area contributed by atoms with E-state index in [1.807, 2.05) is 0 Å². The molecule has 4 heteroatoms. The van der Waals surface area contributed by atoms with Crippen molar-refractivity contribution in [2.45, 2.75) is 26.2 Å². The first-order valence-corrected chi connectivity index (χ1v) is 6.67. The van der Waals surface area contributed by atoms with Crippen LogP contribution in [0, 0.1) is 11.3 Å². The number of ketones is 4. The quantitative estimate of drug-likeness (QED) is 0.732. The molecule has 0 saturated heterocycles. The molecule has 20 heavy (non-hydrogen) atoms. The van der Waals surface area contributed by atoms with Gasteiger partial charge in [0.15, 0.2) is 11.6 Å². The fourth-order valence-corrected chi connectivity index (χ4v) is 3.23. The van der Waals surface area contributed by atoms with Crippen molar-refractivity contribution in [1.29, 1.82) is 0 Å². The maximum atomic E-state index is 12.5. The van der Waals surface area contributed by atoms with Gasteiger partial charge in [-0.3, -0.25) is 19.2 Å². The maximum absolute atomic E-state index is 12.5. The van der Waals surface area contributed by atoms with Crippen molar-refractivity contribution in [1.82, 2.24) is 0 Å². The molecule has 0 amide bonds. The minimum Gasteiger partial charge on any atom is -0.299 e. The Labute approximate surface area is 116 Å². The van der Waals surface area contributed by atoms with E-state index in [9.17, 15) is 19.2 Å². The van der Waals surface area contributed by atoms with Crippen molar-refractivity contribution in [2.24, 2.45) is 11.3 Å². The number of Topliss-reactive ketones (excluding diaryl/α,β-unsaturated/α-hetero) is 4. The lowest BCUT2D eigenvalue weighted by Crippen LogP contribution is -2.45. The third-order valence-electron chi connectivity index (χ3n) is 4.54. The van der Waals surface area contributed by atoms with Gasteiger partial charge in [-0.2, -0.15) is 0 Å². The molecule has 1 atom stereocenters. The molecule has 4 nitrogen and oxygen atoms in total. The van der Waals surface area contributed by atoms with Crippen LogP contribution in [-0.2, 0) is 9.59 Å². The zero-order chi connectivity index (χ0) is 14.5. The minimum atomic E-state index is -1.04. The molecule has 3 rings (SSSR count). The van der Waals surface area contributed by atoms with Gasteiger partial charge in [0.25, 0.3) is 0 Å². The molecule has 0 bridgehead atoms. The summed E-state index contributed by atoms with van der Waals surface area (Å²) in [5.74, 6) is -1.91. The zero-order valence-corrected chi connectivity index (χ0v) is 11.1. The lowest BCUT2D eigenvalue weighted by atomic mass is 9.64. The molecule has 0 radical (unpaired) electrons. The first kappa shape index (κ1) is 12.9. The Morgan fingerprint density at radius 1 is 1.00 bits per heavy atom. The highest BCUT2D eigenvalue weighted by Gasteiger charge is 2.54. The standard InChI is InChI=1S/C16H14O4/c1-16(7-6-9(17)8-12(16)18)13-14(19)10-4-2-3-5-11(10)15(13)20/h2-5,13H,6-8H2,1H3/t16-/m1/s1. The van der Waals surface area contributed by atoms with Crippen LogP contribution in [0.1, 0.15) is 46.9 Å². The average molecular weight is 270 g/mol. The van der Waals surface area contributed by atoms with E-state index >= 15 is 0 Å². The fourth-order valence-electron chi connectivity index (χ4n) is 3.23. The Morgan fingerprint density at radius 3 is 2.05 bits per heavy atom. The SMILES string of the molecule is C[C@@]1(C2C(=O)c3ccccc3C2=O)CCC(=O)CC1=O. The van der Waals surface area contributed by atoms with Gasteiger partial charge in [0, 0.05) is 23.0 Å². The summed E-state index contributed by atoms with van der Waals surface area (Å²) in [7, 11) is 0. The molecule has 2 aliphatic rings. The van der Waals surface area contributed by atoms with Gasteiger partial charge in [0.1, 0.15) is 11.6 Å². The third kappa shape index (κ3) is 1.60. The Balaban J connectivity index is 2.04. The van der Waals surface area contributed by atoms with Crippen LogP contribution >= 0.6 is 0 Å². The van der Waals surface area contributed by atoms with Gasteiger partial charge in [-0.1, -0.05) is 31.2 Å². The van der Waals surface area contributed by atoms with E-state index in [2.05, 4.69) is 0 Å². The predicted octanol–water partition coefficient (Wildman–Crippen LogP) is 2.01. The molecule has 0 spiro atoms. The smallest absolute Gasteiger partial charge is 0.175 e. The third-order valence-corrected chi connectivity index (χ3v) is 4.54. The molecular formula is C16H14O4. The second-order valence-corrected chi connectivity index (χ2v) is 5.76. The highest BCUT2D eigenvalue weighted by Crippen LogP contribution is 2.45. The first-order valence-electron chi connectivity index (χ1n) is 6.67. The fraction of sp³-hybridized carbons (Fsp3) is 0.375. The molecule has 1 fully saturated rings. The zero-order valence-electron chi connectivity index (χ0n) is 11.1. The monoisotopic (exact) mass is 270 g/mol. The van der Waals surface area contributed by atoms with Crippen LogP contribution in [0.5, 0.6) is 0 Å². The van der Waals surface area contributed by atoms with Crippen molar-refractivity contribution in [3.63, 3.8) is 0 Å². The van der Waals surface area contributed by atoms with E-state index in [4.69, 9.17) is 0 Å². The molecular weight excluding hydrogens is 256 g/mol. The number of carbonyl (C=O) groups excluding carboxylic acids is 4. The molecule has 0 heterocycles. The van der Waals surface area contributed by atoms with Crippen LogP contribution in [0.4, 0.5) is 0 Å². The van der Waals surface area contributed by atoms with Crippen LogP contribution in [0.25, 0.3) is 0 Å². The molecule has 0 aliphatic heterocycles. The number of hydrogen-bond acceptors (Lipinski definition) is 4. The summed E-state index contributed by atoms with van der Waals surface area (Å²) in [5.41, 5.74) is -0.247. The number of hydrogen-bond donors (Lipinski definition) is 0. The van der Waals surface area contributed by atoms with Crippen molar-refractivity contribution in [3.05, 3.63) is 35.4 Å². The Hall–Kier alpha value is -2.10. The lowest BCUT2D eigenvalue weighted by molar-refractivity contribution is -0.138.